The molecule has 0 aliphatic carbocycles. The van der Waals surface area contributed by atoms with Crippen molar-refractivity contribution in [1.82, 2.24) is 4.90 Å². The van der Waals surface area contributed by atoms with E-state index in [0.717, 1.165) is 90.3 Å². The molecule has 3 atom stereocenters. The molecule has 1 rings (SSSR count). The molecule has 378 valence electrons. The maximum atomic E-state index is 13.0. The fourth-order valence-corrected chi connectivity index (χ4v) is 7.79. The van der Waals surface area contributed by atoms with Crippen molar-refractivity contribution in [2.24, 2.45) is 17.8 Å². The highest BCUT2D eigenvalue weighted by Gasteiger charge is 2.23. The molecular formula is C53H95NO11. The molecule has 1 fully saturated rings. The van der Waals surface area contributed by atoms with E-state index in [2.05, 4.69) is 63.8 Å². The first-order valence-electron chi connectivity index (χ1n) is 26.3. The van der Waals surface area contributed by atoms with Gasteiger partial charge >= 0.3 is 24.1 Å². The molecule has 0 aromatic rings. The molecule has 0 N–H and O–H groups in total. The molecule has 0 amide bonds. The van der Waals surface area contributed by atoms with Crippen LogP contribution >= 0.6 is 0 Å². The number of carbonyl (C=O) groups is 4. The second-order valence-electron chi connectivity index (χ2n) is 17.9. The van der Waals surface area contributed by atoms with Crippen LogP contribution in [0.3, 0.4) is 0 Å². The predicted octanol–water partition coefficient (Wildman–Crippen LogP) is 12.6. The van der Waals surface area contributed by atoms with E-state index in [1.807, 2.05) is 0 Å². The van der Waals surface area contributed by atoms with Crippen LogP contribution in [0.25, 0.3) is 0 Å². The Bertz CT molecular complexity index is 1200. The molecule has 1 heterocycles. The summed E-state index contributed by atoms with van der Waals surface area (Å²) in [7, 11) is 0. The van der Waals surface area contributed by atoms with Crippen molar-refractivity contribution in [3.05, 3.63) is 24.3 Å². The number of esters is 3. The maximum absolute atomic E-state index is 13.0. The Kier molecular flexibility index (Phi) is 40.3. The molecule has 12 nitrogen and oxygen atoms in total. The number of ether oxygens (including phenoxy) is 7. The van der Waals surface area contributed by atoms with Crippen molar-refractivity contribution in [2.75, 3.05) is 65.9 Å². The van der Waals surface area contributed by atoms with Crippen LogP contribution < -0.4 is 0 Å². The quantitative estimate of drug-likeness (QED) is 0.0189. The third kappa shape index (κ3) is 36.8. The number of likely N-dealkylation sites (tertiary alicyclic amines) is 1. The minimum Gasteiger partial charge on any atom is -0.466 e. The Morgan fingerprint density at radius 3 is 1.74 bits per heavy atom. The van der Waals surface area contributed by atoms with Crippen LogP contribution in [0.1, 0.15) is 202 Å². The summed E-state index contributed by atoms with van der Waals surface area (Å²) in [5, 5.41) is 0. The standard InChI is InChI=1S/C53H95NO11/c1-6-11-15-18-20-26-38-60-52(61-39-27-21-19-16-12-7-2)35-34-51(57)63-44-48(45-65-53(58)64-42-47-31-28-37-54(10-5)41-47)43-62-50(56)33-25-22-24-32-49(55)59-40-36-46(29-14-9-4)30-23-17-13-8-3/h11-12,15-16,46-48,52H,6-10,13-14,17-45H2,1-5H3/b15-11-,16-12-. The number of unbranched alkanes of at least 4 members (excludes halogenated alkanes) is 10. The van der Waals surface area contributed by atoms with Crippen molar-refractivity contribution < 1.29 is 52.3 Å². The lowest BCUT2D eigenvalue weighted by Crippen LogP contribution is -2.37. The first-order chi connectivity index (χ1) is 31.7. The molecule has 12 heteroatoms. The Balaban J connectivity index is 2.62. The summed E-state index contributed by atoms with van der Waals surface area (Å²) >= 11 is 0. The third-order valence-corrected chi connectivity index (χ3v) is 11.9. The summed E-state index contributed by atoms with van der Waals surface area (Å²) < 4.78 is 39.8. The highest BCUT2D eigenvalue weighted by Crippen LogP contribution is 2.21. The van der Waals surface area contributed by atoms with E-state index in [-0.39, 0.29) is 51.2 Å². The lowest BCUT2D eigenvalue weighted by atomic mass is 9.92. The van der Waals surface area contributed by atoms with Crippen molar-refractivity contribution >= 4 is 24.1 Å². The van der Waals surface area contributed by atoms with Crippen molar-refractivity contribution in [2.45, 2.75) is 208 Å². The van der Waals surface area contributed by atoms with Gasteiger partial charge in [-0.05, 0) is 102 Å². The molecule has 3 unspecified atom stereocenters. The average molecular weight is 922 g/mol. The van der Waals surface area contributed by atoms with Crippen LogP contribution in [0.15, 0.2) is 24.3 Å². The summed E-state index contributed by atoms with van der Waals surface area (Å²) in [6.07, 6.45) is 31.0. The number of piperidine rings is 1. The Hall–Kier alpha value is -2.96. The van der Waals surface area contributed by atoms with E-state index in [1.54, 1.807) is 0 Å². The molecule has 0 spiro atoms. The Morgan fingerprint density at radius 2 is 1.12 bits per heavy atom. The van der Waals surface area contributed by atoms with Gasteiger partial charge in [0.1, 0.15) is 19.8 Å². The molecule has 65 heavy (non-hydrogen) atoms. The van der Waals surface area contributed by atoms with E-state index in [1.165, 1.54) is 51.4 Å². The normalized spacial score (nSPS) is 15.4. The summed E-state index contributed by atoms with van der Waals surface area (Å²) in [6, 6.07) is 0. The van der Waals surface area contributed by atoms with Crippen LogP contribution in [0, 0.1) is 17.8 Å². The van der Waals surface area contributed by atoms with Crippen LogP contribution in [-0.2, 0) is 47.5 Å². The SMILES string of the molecule is CC/C=C\CCCCOC(CCC(=O)OCC(COC(=O)CCCCCC(=O)OCCC(CCCC)CCCCCC)COC(=O)OCC1CCCN(CC)C1)OCCCC/C=C\CC. The molecule has 0 bridgehead atoms. The topological polar surface area (TPSA) is 136 Å². The van der Waals surface area contributed by atoms with Crippen molar-refractivity contribution in [3.63, 3.8) is 0 Å². The highest BCUT2D eigenvalue weighted by molar-refractivity contribution is 5.70. The van der Waals surface area contributed by atoms with Gasteiger partial charge in [-0.25, -0.2) is 4.79 Å². The number of hydrogen-bond acceptors (Lipinski definition) is 12. The van der Waals surface area contributed by atoms with Gasteiger partial charge in [0.25, 0.3) is 0 Å². The first kappa shape index (κ1) is 60.1. The zero-order valence-corrected chi connectivity index (χ0v) is 42.0. The lowest BCUT2D eigenvalue weighted by Gasteiger charge is -2.31. The summed E-state index contributed by atoms with van der Waals surface area (Å²) in [6.45, 7) is 15.2. The highest BCUT2D eigenvalue weighted by atomic mass is 16.7. The fourth-order valence-electron chi connectivity index (χ4n) is 7.79. The van der Waals surface area contributed by atoms with E-state index in [4.69, 9.17) is 33.2 Å². The van der Waals surface area contributed by atoms with Gasteiger partial charge in [0.2, 0.25) is 0 Å². The van der Waals surface area contributed by atoms with E-state index in [9.17, 15) is 19.2 Å². The van der Waals surface area contributed by atoms with Gasteiger partial charge in [-0.15, -0.1) is 0 Å². The monoisotopic (exact) mass is 922 g/mol. The largest absolute Gasteiger partial charge is 0.508 e. The van der Waals surface area contributed by atoms with Crippen molar-refractivity contribution in [3.8, 4) is 0 Å². The van der Waals surface area contributed by atoms with E-state index < -0.39 is 30.3 Å². The lowest BCUT2D eigenvalue weighted by molar-refractivity contribution is -0.161. The number of rotatable bonds is 43. The van der Waals surface area contributed by atoms with Crippen LogP contribution in [-0.4, -0.2) is 101 Å². The predicted molar refractivity (Wildman–Crippen MR) is 259 cm³/mol. The van der Waals surface area contributed by atoms with Crippen LogP contribution in [0.2, 0.25) is 0 Å². The maximum Gasteiger partial charge on any atom is 0.508 e. The van der Waals surface area contributed by atoms with Gasteiger partial charge in [-0.2, -0.15) is 0 Å². The Labute approximate surface area is 396 Å². The smallest absolute Gasteiger partial charge is 0.466 e. The van der Waals surface area contributed by atoms with Crippen LogP contribution in [0.4, 0.5) is 4.79 Å². The minimum absolute atomic E-state index is 0.0842. The molecule has 1 saturated heterocycles. The molecule has 0 aromatic carbocycles. The molecular weight excluding hydrogens is 827 g/mol. The molecule has 0 radical (unpaired) electrons. The third-order valence-electron chi connectivity index (χ3n) is 11.9. The summed E-state index contributed by atoms with van der Waals surface area (Å²) in [4.78, 5) is 53.2. The van der Waals surface area contributed by atoms with E-state index >= 15 is 0 Å². The number of carbonyl (C=O) groups excluding carboxylic acids is 4. The van der Waals surface area contributed by atoms with E-state index in [0.29, 0.717) is 57.8 Å². The number of hydrogen-bond donors (Lipinski definition) is 0. The van der Waals surface area contributed by atoms with Gasteiger partial charge in [0, 0.05) is 44.9 Å². The van der Waals surface area contributed by atoms with Crippen molar-refractivity contribution in [1.29, 1.82) is 0 Å². The molecule has 1 aliphatic heterocycles. The van der Waals surface area contributed by atoms with Crippen LogP contribution in [0.5, 0.6) is 0 Å². The first-order valence-corrected chi connectivity index (χ1v) is 26.3. The zero-order chi connectivity index (χ0) is 47.4. The molecule has 0 aromatic heterocycles. The van der Waals surface area contributed by atoms with Gasteiger partial charge in [0.15, 0.2) is 6.29 Å². The van der Waals surface area contributed by atoms with Gasteiger partial charge in [-0.3, -0.25) is 14.4 Å². The number of allylic oxidation sites excluding steroid dienone is 4. The van der Waals surface area contributed by atoms with Gasteiger partial charge < -0.3 is 38.1 Å². The summed E-state index contributed by atoms with van der Waals surface area (Å²) in [5.74, 6) is -0.741. The minimum atomic E-state index is -0.793. The second-order valence-corrected chi connectivity index (χ2v) is 17.9. The fraction of sp³-hybridized carbons (Fsp3) is 0.849. The Morgan fingerprint density at radius 1 is 0.538 bits per heavy atom. The van der Waals surface area contributed by atoms with Gasteiger partial charge in [-0.1, -0.05) is 117 Å². The molecule has 1 aliphatic rings. The van der Waals surface area contributed by atoms with Gasteiger partial charge in [0.05, 0.1) is 25.6 Å². The zero-order valence-electron chi connectivity index (χ0n) is 42.0. The summed E-state index contributed by atoms with van der Waals surface area (Å²) in [5.41, 5.74) is 0. The average Bonchev–Trinajstić information content (AvgIpc) is 3.31. The second kappa shape index (κ2) is 43.6. The number of nitrogens with zero attached hydrogens (tertiary/aromatic N) is 1. The molecule has 0 saturated carbocycles.